The van der Waals surface area contributed by atoms with Crippen molar-refractivity contribution in [2.45, 2.75) is 33.0 Å². The third kappa shape index (κ3) is 4.68. The predicted molar refractivity (Wildman–Crippen MR) is 104 cm³/mol. The molecule has 2 heterocycles. The highest BCUT2D eigenvalue weighted by Gasteiger charge is 2.34. The van der Waals surface area contributed by atoms with Crippen molar-refractivity contribution in [1.82, 2.24) is 15.0 Å². The molecule has 0 radical (unpaired) electrons. The summed E-state index contributed by atoms with van der Waals surface area (Å²) < 4.78 is 40.8. The maximum atomic E-state index is 13.3. The zero-order chi connectivity index (χ0) is 20.5. The van der Waals surface area contributed by atoms with Gasteiger partial charge in [0.05, 0.1) is 27.9 Å². The van der Waals surface area contributed by atoms with E-state index < -0.39 is 17.9 Å². The lowest BCUT2D eigenvalue weighted by Gasteiger charge is -2.21. The Balaban J connectivity index is 1.94. The number of aromatic nitrogens is 3. The fraction of sp³-hybridized carbons (Fsp3) is 0.389. The predicted octanol–water partition coefficient (Wildman–Crippen LogP) is 4.59. The summed E-state index contributed by atoms with van der Waals surface area (Å²) in [5.41, 5.74) is 0.257. The van der Waals surface area contributed by atoms with Crippen molar-refractivity contribution >= 4 is 39.0 Å². The molecule has 28 heavy (non-hydrogen) atoms. The van der Waals surface area contributed by atoms with Gasteiger partial charge in [-0.3, -0.25) is 0 Å². The van der Waals surface area contributed by atoms with Crippen LogP contribution in [0.5, 0.6) is 0 Å². The van der Waals surface area contributed by atoms with Crippen LogP contribution in [0.15, 0.2) is 24.3 Å². The SMILES string of the molecule is Cc1nc2cc(Nc3cc(C(F)(F)F)nc(N[C@@H](CO)C(C)C)n3)ccc2s1. The average molecular weight is 411 g/mol. The largest absolute Gasteiger partial charge is 0.433 e. The highest BCUT2D eigenvalue weighted by molar-refractivity contribution is 7.18. The topological polar surface area (TPSA) is 83.0 Å². The van der Waals surface area contributed by atoms with Gasteiger partial charge < -0.3 is 15.7 Å². The minimum atomic E-state index is -4.63. The van der Waals surface area contributed by atoms with E-state index in [0.29, 0.717) is 5.69 Å². The highest BCUT2D eigenvalue weighted by Crippen LogP contribution is 2.31. The molecule has 0 amide bonds. The van der Waals surface area contributed by atoms with Crippen LogP contribution in [-0.2, 0) is 6.18 Å². The van der Waals surface area contributed by atoms with Crippen molar-refractivity contribution in [3.8, 4) is 0 Å². The lowest BCUT2D eigenvalue weighted by molar-refractivity contribution is -0.141. The van der Waals surface area contributed by atoms with Gasteiger partial charge in [-0.25, -0.2) is 9.97 Å². The molecular formula is C18H20F3N5OS. The fourth-order valence-electron chi connectivity index (χ4n) is 2.58. The molecule has 150 valence electrons. The summed E-state index contributed by atoms with van der Waals surface area (Å²) in [5, 5.41) is 16.0. The molecule has 0 aliphatic heterocycles. The second-order valence-corrected chi connectivity index (χ2v) is 7.91. The molecule has 0 fully saturated rings. The van der Waals surface area contributed by atoms with Gasteiger partial charge in [0.15, 0.2) is 5.69 Å². The van der Waals surface area contributed by atoms with E-state index in [1.807, 2.05) is 26.8 Å². The van der Waals surface area contributed by atoms with Crippen LogP contribution in [0.25, 0.3) is 10.2 Å². The van der Waals surface area contributed by atoms with Crippen LogP contribution in [0.1, 0.15) is 24.5 Å². The Kier molecular flexibility index (Phi) is 5.71. The number of anilines is 3. The average Bonchev–Trinajstić information content (AvgIpc) is 2.97. The Bertz CT molecular complexity index is 973. The molecule has 1 atom stereocenters. The summed E-state index contributed by atoms with van der Waals surface area (Å²) in [4.78, 5) is 12.1. The molecule has 0 unspecified atom stereocenters. The first kappa shape index (κ1) is 20.3. The van der Waals surface area contributed by atoms with Crippen LogP contribution in [-0.4, -0.2) is 32.7 Å². The molecule has 3 rings (SSSR count). The summed E-state index contributed by atoms with van der Waals surface area (Å²) >= 11 is 1.54. The fourth-order valence-corrected chi connectivity index (χ4v) is 3.39. The van der Waals surface area contributed by atoms with Crippen molar-refractivity contribution < 1.29 is 18.3 Å². The Labute approximate surface area is 163 Å². The molecular weight excluding hydrogens is 391 g/mol. The van der Waals surface area contributed by atoms with E-state index >= 15 is 0 Å². The molecule has 0 spiro atoms. The van der Waals surface area contributed by atoms with E-state index in [1.54, 1.807) is 23.5 Å². The van der Waals surface area contributed by atoms with E-state index in [1.165, 1.54) is 0 Å². The van der Waals surface area contributed by atoms with E-state index in [9.17, 15) is 18.3 Å². The van der Waals surface area contributed by atoms with Gasteiger partial charge in [0.2, 0.25) is 5.95 Å². The summed E-state index contributed by atoms with van der Waals surface area (Å²) in [5.74, 6) is -0.220. The number of aliphatic hydroxyl groups is 1. The van der Waals surface area contributed by atoms with Crippen LogP contribution in [0.2, 0.25) is 0 Å². The Morgan fingerprint density at radius 2 is 1.89 bits per heavy atom. The number of rotatable bonds is 6. The zero-order valence-corrected chi connectivity index (χ0v) is 16.3. The van der Waals surface area contributed by atoms with Gasteiger partial charge in [0.1, 0.15) is 5.82 Å². The van der Waals surface area contributed by atoms with Crippen LogP contribution >= 0.6 is 11.3 Å². The first-order valence-electron chi connectivity index (χ1n) is 8.63. The van der Waals surface area contributed by atoms with Crippen molar-refractivity contribution in [3.05, 3.63) is 35.0 Å². The first-order chi connectivity index (χ1) is 13.2. The number of thiazole rings is 1. The van der Waals surface area contributed by atoms with E-state index in [2.05, 4.69) is 25.6 Å². The van der Waals surface area contributed by atoms with E-state index in [0.717, 1.165) is 21.3 Å². The lowest BCUT2D eigenvalue weighted by Crippen LogP contribution is -2.30. The Hall–Kier alpha value is -2.46. The molecule has 0 saturated carbocycles. The third-order valence-electron chi connectivity index (χ3n) is 4.10. The number of nitrogens with one attached hydrogen (secondary N) is 2. The van der Waals surface area contributed by atoms with Gasteiger partial charge >= 0.3 is 6.18 Å². The molecule has 2 aromatic heterocycles. The smallest absolute Gasteiger partial charge is 0.394 e. The summed E-state index contributed by atoms with van der Waals surface area (Å²) in [6.07, 6.45) is -4.63. The van der Waals surface area contributed by atoms with Gasteiger partial charge in [-0.1, -0.05) is 13.8 Å². The number of halogens is 3. The number of hydrogen-bond acceptors (Lipinski definition) is 7. The lowest BCUT2D eigenvalue weighted by atomic mass is 10.1. The number of aliphatic hydroxyl groups excluding tert-OH is 1. The maximum Gasteiger partial charge on any atom is 0.433 e. The molecule has 0 saturated heterocycles. The standard InChI is InChI=1S/C18H20F3N5OS/c1-9(2)13(8-27)24-17-25-15(18(19,20)21)7-16(26-17)23-11-4-5-14-12(6-11)22-10(3)28-14/h4-7,9,13,27H,8H2,1-3H3,(H2,23,24,25,26)/t13-/m0/s1. The molecule has 0 bridgehead atoms. The van der Waals surface area contributed by atoms with Crippen molar-refractivity contribution in [1.29, 1.82) is 0 Å². The summed E-state index contributed by atoms with van der Waals surface area (Å²) in [6.45, 7) is 5.32. The van der Waals surface area contributed by atoms with Crippen molar-refractivity contribution in [3.63, 3.8) is 0 Å². The number of alkyl halides is 3. The van der Waals surface area contributed by atoms with Crippen molar-refractivity contribution in [2.75, 3.05) is 17.2 Å². The molecule has 3 aromatic rings. The molecule has 1 aromatic carbocycles. The Morgan fingerprint density at radius 1 is 1.14 bits per heavy atom. The van der Waals surface area contributed by atoms with Crippen LogP contribution < -0.4 is 10.6 Å². The molecule has 0 aliphatic rings. The second-order valence-electron chi connectivity index (χ2n) is 6.68. The number of aryl methyl sites for hydroxylation is 1. The minimum absolute atomic E-state index is 0.00317. The molecule has 0 aliphatic carbocycles. The van der Waals surface area contributed by atoms with E-state index in [4.69, 9.17) is 0 Å². The second kappa shape index (κ2) is 7.88. The van der Waals surface area contributed by atoms with Crippen molar-refractivity contribution in [2.24, 2.45) is 5.92 Å². The van der Waals surface area contributed by atoms with E-state index in [-0.39, 0.29) is 24.3 Å². The molecule has 3 N–H and O–H groups in total. The van der Waals surface area contributed by atoms with Crippen LogP contribution in [0.4, 0.5) is 30.6 Å². The third-order valence-corrected chi connectivity index (χ3v) is 5.05. The summed E-state index contributed by atoms with van der Waals surface area (Å²) in [7, 11) is 0. The van der Waals surface area contributed by atoms with Crippen LogP contribution in [0.3, 0.4) is 0 Å². The monoisotopic (exact) mass is 411 g/mol. The zero-order valence-electron chi connectivity index (χ0n) is 15.5. The van der Waals surface area contributed by atoms with Gasteiger partial charge in [0, 0.05) is 11.8 Å². The normalized spacial score (nSPS) is 13.1. The number of fused-ring (bicyclic) bond motifs is 1. The number of nitrogens with zero attached hydrogens (tertiary/aromatic N) is 3. The quantitative estimate of drug-likeness (QED) is 0.551. The molecule has 6 nitrogen and oxygen atoms in total. The highest BCUT2D eigenvalue weighted by atomic mass is 32.1. The first-order valence-corrected chi connectivity index (χ1v) is 9.45. The number of hydrogen-bond donors (Lipinski definition) is 3. The minimum Gasteiger partial charge on any atom is -0.394 e. The van der Waals surface area contributed by atoms with Gasteiger partial charge in [-0.2, -0.15) is 18.2 Å². The Morgan fingerprint density at radius 3 is 2.54 bits per heavy atom. The van der Waals surface area contributed by atoms with Crippen LogP contribution in [0, 0.1) is 12.8 Å². The maximum absolute atomic E-state index is 13.3. The number of benzene rings is 1. The summed E-state index contributed by atoms with van der Waals surface area (Å²) in [6, 6.07) is 5.75. The molecule has 10 heteroatoms. The van der Waals surface area contributed by atoms with Gasteiger partial charge in [-0.05, 0) is 31.0 Å². The van der Waals surface area contributed by atoms with Gasteiger partial charge in [0.25, 0.3) is 0 Å². The van der Waals surface area contributed by atoms with Gasteiger partial charge in [-0.15, -0.1) is 11.3 Å².